The van der Waals surface area contributed by atoms with Crippen LogP contribution in [0.2, 0.25) is 0 Å². The number of benzene rings is 1. The first kappa shape index (κ1) is 21.5. The minimum Gasteiger partial charge on any atom is -0.473 e. The molecule has 1 aromatic rings. The van der Waals surface area contributed by atoms with E-state index in [0.29, 0.717) is 38.2 Å². The maximum atomic E-state index is 13.4. The van der Waals surface area contributed by atoms with Crippen LogP contribution in [0.25, 0.3) is 0 Å². The molecule has 1 atom stereocenters. The Morgan fingerprint density at radius 3 is 2.70 bits per heavy atom. The second-order valence-electron chi connectivity index (χ2n) is 7.46. The molecule has 0 radical (unpaired) electrons. The fourth-order valence-corrected chi connectivity index (χ4v) is 3.66. The Morgan fingerprint density at radius 2 is 2.03 bits per heavy atom. The Balaban J connectivity index is 1.71. The quantitative estimate of drug-likeness (QED) is 0.419. The Labute approximate surface area is 174 Å². The molecule has 0 bridgehead atoms. The van der Waals surface area contributed by atoms with Crippen LogP contribution in [0.4, 0.5) is 13.6 Å². The van der Waals surface area contributed by atoms with Gasteiger partial charge in [-0.1, -0.05) is 6.07 Å². The topological polar surface area (TPSA) is 68.7 Å². The lowest BCUT2D eigenvalue weighted by Gasteiger charge is -2.39. The number of likely N-dealkylation sites (N-methyl/N-ethyl adjacent to an activating group) is 1. The highest BCUT2D eigenvalue weighted by atomic mass is 19.2. The van der Waals surface area contributed by atoms with E-state index in [1.807, 2.05) is 16.8 Å². The third kappa shape index (κ3) is 4.69. The zero-order valence-corrected chi connectivity index (χ0v) is 17.2. The molecule has 0 saturated carbocycles. The molecule has 30 heavy (non-hydrogen) atoms. The number of hydrogen-bond acceptors (Lipinski definition) is 5. The lowest BCUT2D eigenvalue weighted by atomic mass is 10.2. The molecule has 1 aromatic carbocycles. The smallest absolute Gasteiger partial charge is 0.319 e. The van der Waals surface area contributed by atoms with Gasteiger partial charge >= 0.3 is 6.03 Å². The molecule has 2 aliphatic heterocycles. The number of hydrogen-bond donors (Lipinski definition) is 0. The number of aliphatic imine (C=N–C) groups is 1. The van der Waals surface area contributed by atoms with Crippen molar-refractivity contribution in [1.82, 2.24) is 19.6 Å². The van der Waals surface area contributed by atoms with Crippen molar-refractivity contribution >= 4 is 18.3 Å². The Kier molecular flexibility index (Phi) is 6.53. The molecule has 2 aliphatic rings. The second kappa shape index (κ2) is 9.10. The average molecular weight is 421 g/mol. The molecule has 2 heterocycles. The largest absolute Gasteiger partial charge is 0.473 e. The van der Waals surface area contributed by atoms with Gasteiger partial charge in [-0.3, -0.25) is 4.79 Å². The van der Waals surface area contributed by atoms with E-state index in [4.69, 9.17) is 4.74 Å². The van der Waals surface area contributed by atoms with Crippen LogP contribution in [0.3, 0.4) is 0 Å². The number of rotatable bonds is 4. The van der Waals surface area contributed by atoms with E-state index in [2.05, 4.69) is 9.89 Å². The monoisotopic (exact) mass is 421 g/mol. The van der Waals surface area contributed by atoms with Gasteiger partial charge < -0.3 is 24.3 Å². The molecular formula is C20H25F2N5O3. The van der Waals surface area contributed by atoms with Gasteiger partial charge in [0.15, 0.2) is 11.6 Å². The number of ether oxygens (including phenoxy) is 1. The fourth-order valence-electron chi connectivity index (χ4n) is 3.66. The SMILES string of the molecule is CN(C)C(=O)N1CCN2/C(=C/C(=N\C=O)OCc3ccc(F)c(F)c3)N(C)CC2C1. The number of fused-ring (bicyclic) bond motifs is 1. The summed E-state index contributed by atoms with van der Waals surface area (Å²) in [4.78, 5) is 34.5. The van der Waals surface area contributed by atoms with Crippen molar-refractivity contribution in [2.45, 2.75) is 12.6 Å². The van der Waals surface area contributed by atoms with Crippen LogP contribution in [0.5, 0.6) is 0 Å². The zero-order valence-electron chi connectivity index (χ0n) is 17.2. The summed E-state index contributed by atoms with van der Waals surface area (Å²) in [5, 5.41) is 0. The van der Waals surface area contributed by atoms with E-state index in [9.17, 15) is 18.4 Å². The number of carbonyl (C=O) groups is 2. The Bertz CT molecular complexity index is 874. The Hall–Kier alpha value is -3.17. The van der Waals surface area contributed by atoms with E-state index in [0.717, 1.165) is 18.0 Å². The summed E-state index contributed by atoms with van der Waals surface area (Å²) in [6, 6.07) is 3.56. The van der Waals surface area contributed by atoms with Crippen LogP contribution in [0, 0.1) is 11.6 Å². The highest BCUT2D eigenvalue weighted by Crippen LogP contribution is 2.26. The van der Waals surface area contributed by atoms with Crippen LogP contribution in [0.1, 0.15) is 5.56 Å². The predicted octanol–water partition coefficient (Wildman–Crippen LogP) is 1.49. The van der Waals surface area contributed by atoms with Gasteiger partial charge in [-0.25, -0.2) is 13.6 Å². The van der Waals surface area contributed by atoms with Crippen molar-refractivity contribution in [2.24, 2.45) is 4.99 Å². The third-order valence-corrected chi connectivity index (χ3v) is 5.11. The molecule has 0 spiro atoms. The fraction of sp³-hybridized carbons (Fsp3) is 0.450. The van der Waals surface area contributed by atoms with Crippen molar-refractivity contribution in [3.63, 3.8) is 0 Å². The van der Waals surface area contributed by atoms with Gasteiger partial charge in [0.1, 0.15) is 12.4 Å². The number of nitrogens with zero attached hydrogens (tertiary/aromatic N) is 5. The standard InChI is InChI=1S/C20H25F2N5O3/c1-24(2)20(29)26-6-7-27-15(11-26)10-25(3)19(27)9-18(23-13-28)30-12-14-4-5-16(21)17(22)8-14/h4-5,8-9,13,15H,6-7,10-12H2,1-3H3/b19-9+,23-18+. The molecule has 162 valence electrons. The highest BCUT2D eigenvalue weighted by molar-refractivity contribution is 5.92. The molecule has 2 saturated heterocycles. The molecule has 8 nitrogen and oxygen atoms in total. The predicted molar refractivity (Wildman–Crippen MR) is 107 cm³/mol. The summed E-state index contributed by atoms with van der Waals surface area (Å²) >= 11 is 0. The molecule has 0 aromatic heterocycles. The van der Waals surface area contributed by atoms with Crippen molar-refractivity contribution in [1.29, 1.82) is 0 Å². The van der Waals surface area contributed by atoms with E-state index < -0.39 is 11.6 Å². The summed E-state index contributed by atoms with van der Waals surface area (Å²) in [5.74, 6) is -1.01. The van der Waals surface area contributed by atoms with Crippen LogP contribution in [-0.4, -0.2) is 91.3 Å². The van der Waals surface area contributed by atoms with Crippen LogP contribution in [0.15, 0.2) is 35.1 Å². The summed E-state index contributed by atoms with van der Waals surface area (Å²) in [5.41, 5.74) is 0.416. The first-order chi connectivity index (χ1) is 14.3. The van der Waals surface area contributed by atoms with Gasteiger partial charge in [-0.05, 0) is 17.7 Å². The lowest BCUT2D eigenvalue weighted by Crippen LogP contribution is -2.54. The van der Waals surface area contributed by atoms with E-state index in [1.54, 1.807) is 25.1 Å². The molecule has 2 fully saturated rings. The van der Waals surface area contributed by atoms with E-state index >= 15 is 0 Å². The normalized spacial score (nSPS) is 20.4. The van der Waals surface area contributed by atoms with Crippen LogP contribution in [-0.2, 0) is 16.1 Å². The van der Waals surface area contributed by atoms with Gasteiger partial charge in [0.25, 0.3) is 0 Å². The second-order valence-corrected chi connectivity index (χ2v) is 7.46. The van der Waals surface area contributed by atoms with Crippen molar-refractivity contribution in [3.8, 4) is 0 Å². The van der Waals surface area contributed by atoms with E-state index in [1.165, 1.54) is 6.07 Å². The van der Waals surface area contributed by atoms with Gasteiger partial charge in [-0.2, -0.15) is 4.99 Å². The van der Waals surface area contributed by atoms with Crippen molar-refractivity contribution < 1.29 is 23.1 Å². The number of amides is 3. The highest BCUT2D eigenvalue weighted by Gasteiger charge is 2.38. The zero-order chi connectivity index (χ0) is 21.8. The van der Waals surface area contributed by atoms with Crippen LogP contribution >= 0.6 is 0 Å². The number of urea groups is 1. The van der Waals surface area contributed by atoms with Gasteiger partial charge in [0.2, 0.25) is 12.3 Å². The maximum absolute atomic E-state index is 13.4. The van der Waals surface area contributed by atoms with E-state index in [-0.39, 0.29) is 24.6 Å². The molecule has 10 heteroatoms. The summed E-state index contributed by atoms with van der Waals surface area (Å²) in [6.07, 6.45) is 2.02. The molecule has 3 rings (SSSR count). The summed E-state index contributed by atoms with van der Waals surface area (Å²) in [6.45, 7) is 2.45. The molecule has 1 unspecified atom stereocenters. The van der Waals surface area contributed by atoms with Crippen LogP contribution < -0.4 is 0 Å². The van der Waals surface area contributed by atoms with Crippen molar-refractivity contribution in [2.75, 3.05) is 47.3 Å². The number of piperazine rings is 1. The summed E-state index contributed by atoms with van der Waals surface area (Å²) < 4.78 is 32.0. The molecular weight excluding hydrogens is 396 g/mol. The van der Waals surface area contributed by atoms with Gasteiger partial charge in [0, 0.05) is 53.4 Å². The lowest BCUT2D eigenvalue weighted by molar-refractivity contribution is -0.106. The van der Waals surface area contributed by atoms with Gasteiger partial charge in [-0.15, -0.1) is 0 Å². The first-order valence-electron chi connectivity index (χ1n) is 9.54. The molecule has 0 aliphatic carbocycles. The average Bonchev–Trinajstić information content (AvgIpc) is 3.02. The molecule has 3 amide bonds. The number of halogens is 2. The molecule has 0 N–H and O–H groups in total. The van der Waals surface area contributed by atoms with Gasteiger partial charge in [0.05, 0.1) is 6.04 Å². The third-order valence-electron chi connectivity index (χ3n) is 5.11. The minimum absolute atomic E-state index is 0.0206. The van der Waals surface area contributed by atoms with Crippen molar-refractivity contribution in [3.05, 3.63) is 47.3 Å². The maximum Gasteiger partial charge on any atom is 0.319 e. The number of carbonyl (C=O) groups excluding carboxylic acids is 2. The minimum atomic E-state index is -0.966. The first-order valence-corrected chi connectivity index (χ1v) is 9.54. The Morgan fingerprint density at radius 1 is 1.27 bits per heavy atom. The summed E-state index contributed by atoms with van der Waals surface area (Å²) in [7, 11) is 5.37.